The number of methoxy groups -OCH3 is 2. The maximum Gasteiger partial charge on any atom is 0.254 e. The molecule has 3 aliphatic rings. The molecule has 1 aliphatic carbocycles. The van der Waals surface area contributed by atoms with E-state index in [2.05, 4.69) is 16.0 Å². The minimum atomic E-state index is -0.629. The van der Waals surface area contributed by atoms with Gasteiger partial charge in [-0.05, 0) is 69.2 Å². The molecular weight excluding hydrogens is 394 g/mol. The molecular formula is C23H33N5O3. The number of nitrogens with two attached hydrogens (primary N) is 1. The molecule has 2 aliphatic heterocycles. The topological polar surface area (TPSA) is 121 Å². The Hall–Kier alpha value is -2.74. The van der Waals surface area contributed by atoms with Gasteiger partial charge < -0.3 is 31.2 Å². The van der Waals surface area contributed by atoms with Crippen LogP contribution < -0.4 is 31.2 Å². The standard InChI is InChI=1S/C23H33N5O3/c1-30-17-11-15(12-18(31-2)19(17)14-3-4-14)21(24)20(22(25)29)23-27-10-7-16(28-23)13-5-8-26-9-6-13/h11-14,16,24,26-28H,3-10H2,1-2H3,(H2,25,29)/b23-20+,24-21?. The highest BCUT2D eigenvalue weighted by atomic mass is 16.5. The molecule has 1 saturated carbocycles. The Labute approximate surface area is 183 Å². The van der Waals surface area contributed by atoms with Gasteiger partial charge in [0.1, 0.15) is 22.9 Å². The van der Waals surface area contributed by atoms with Gasteiger partial charge in [0.15, 0.2) is 0 Å². The van der Waals surface area contributed by atoms with E-state index in [-0.39, 0.29) is 17.3 Å². The van der Waals surface area contributed by atoms with Gasteiger partial charge in [-0.1, -0.05) is 0 Å². The van der Waals surface area contributed by atoms with E-state index in [4.69, 9.17) is 20.6 Å². The van der Waals surface area contributed by atoms with Crippen molar-refractivity contribution in [2.45, 2.75) is 44.1 Å². The van der Waals surface area contributed by atoms with Crippen LogP contribution in [0.1, 0.15) is 49.1 Å². The summed E-state index contributed by atoms with van der Waals surface area (Å²) < 4.78 is 11.2. The summed E-state index contributed by atoms with van der Waals surface area (Å²) in [5.41, 5.74) is 7.58. The summed E-state index contributed by atoms with van der Waals surface area (Å²) >= 11 is 0. The van der Waals surface area contributed by atoms with Crippen LogP contribution in [0.3, 0.4) is 0 Å². The SMILES string of the molecule is COc1cc(C(=N)/C(C(N)=O)=C2/NCCC(C3CCNCC3)N2)cc(OC)c1C1CC1. The Kier molecular flexibility index (Phi) is 6.36. The fourth-order valence-corrected chi connectivity index (χ4v) is 4.80. The summed E-state index contributed by atoms with van der Waals surface area (Å²) in [6.07, 6.45) is 5.39. The van der Waals surface area contributed by atoms with Crippen LogP contribution in [-0.2, 0) is 4.79 Å². The van der Waals surface area contributed by atoms with Crippen LogP contribution in [0.25, 0.3) is 0 Å². The van der Waals surface area contributed by atoms with E-state index in [1.165, 1.54) is 0 Å². The van der Waals surface area contributed by atoms with Gasteiger partial charge in [-0.25, -0.2) is 0 Å². The van der Waals surface area contributed by atoms with Crippen LogP contribution in [0.2, 0.25) is 0 Å². The van der Waals surface area contributed by atoms with E-state index < -0.39 is 5.91 Å². The van der Waals surface area contributed by atoms with Crippen molar-refractivity contribution in [2.75, 3.05) is 33.9 Å². The largest absolute Gasteiger partial charge is 0.496 e. The molecule has 31 heavy (non-hydrogen) atoms. The van der Waals surface area contributed by atoms with Gasteiger partial charge in [-0.2, -0.15) is 0 Å². The van der Waals surface area contributed by atoms with Crippen molar-refractivity contribution < 1.29 is 14.3 Å². The van der Waals surface area contributed by atoms with Crippen molar-refractivity contribution >= 4 is 11.6 Å². The molecule has 1 amide bonds. The first-order chi connectivity index (χ1) is 15.0. The Balaban J connectivity index is 1.66. The van der Waals surface area contributed by atoms with Crippen LogP contribution >= 0.6 is 0 Å². The molecule has 168 valence electrons. The molecule has 8 heteroatoms. The lowest BCUT2D eigenvalue weighted by Gasteiger charge is -2.37. The monoisotopic (exact) mass is 427 g/mol. The first-order valence-corrected chi connectivity index (χ1v) is 11.1. The zero-order chi connectivity index (χ0) is 22.0. The predicted molar refractivity (Wildman–Crippen MR) is 120 cm³/mol. The second kappa shape index (κ2) is 9.18. The molecule has 0 bridgehead atoms. The number of ether oxygens (including phenoxy) is 2. The summed E-state index contributed by atoms with van der Waals surface area (Å²) in [5, 5.41) is 19.0. The molecule has 2 heterocycles. The number of hydrogen-bond donors (Lipinski definition) is 5. The van der Waals surface area contributed by atoms with Gasteiger partial charge in [0.2, 0.25) is 0 Å². The van der Waals surface area contributed by atoms with Crippen molar-refractivity contribution in [1.82, 2.24) is 16.0 Å². The molecule has 8 nitrogen and oxygen atoms in total. The minimum absolute atomic E-state index is 0.0624. The predicted octanol–water partition coefficient (Wildman–Crippen LogP) is 1.60. The van der Waals surface area contributed by atoms with Gasteiger partial charge >= 0.3 is 0 Å². The number of carbonyl (C=O) groups excluding carboxylic acids is 1. The molecule has 2 saturated heterocycles. The van der Waals surface area contributed by atoms with E-state index >= 15 is 0 Å². The molecule has 1 aromatic carbocycles. The van der Waals surface area contributed by atoms with E-state index in [1.54, 1.807) is 14.2 Å². The Morgan fingerprint density at radius 2 is 1.68 bits per heavy atom. The number of carbonyl (C=O) groups is 1. The number of amides is 1. The van der Waals surface area contributed by atoms with Crippen LogP contribution in [0.4, 0.5) is 0 Å². The summed E-state index contributed by atoms with van der Waals surface area (Å²) in [7, 11) is 3.24. The molecule has 1 atom stereocenters. The number of hydrogen-bond acceptors (Lipinski definition) is 7. The molecule has 6 N–H and O–H groups in total. The van der Waals surface area contributed by atoms with Crippen molar-refractivity contribution in [3.8, 4) is 11.5 Å². The smallest absolute Gasteiger partial charge is 0.254 e. The summed E-state index contributed by atoms with van der Waals surface area (Å²) in [5.74, 6) is 2.26. The van der Waals surface area contributed by atoms with Gasteiger partial charge in [0.25, 0.3) is 5.91 Å². The molecule has 1 aromatic rings. The molecule has 4 rings (SSSR count). The van der Waals surface area contributed by atoms with Gasteiger partial charge in [-0.15, -0.1) is 0 Å². The summed E-state index contributed by atoms with van der Waals surface area (Å²) in [4.78, 5) is 12.5. The van der Waals surface area contributed by atoms with E-state index in [0.29, 0.717) is 34.7 Å². The average molecular weight is 428 g/mol. The number of piperidine rings is 1. The molecule has 1 unspecified atom stereocenters. The fraction of sp³-hybridized carbons (Fsp3) is 0.565. The second-order valence-corrected chi connectivity index (χ2v) is 8.61. The highest BCUT2D eigenvalue weighted by Crippen LogP contribution is 2.49. The Morgan fingerprint density at radius 3 is 2.23 bits per heavy atom. The Morgan fingerprint density at radius 1 is 1.03 bits per heavy atom. The third kappa shape index (κ3) is 4.49. The van der Waals surface area contributed by atoms with E-state index in [9.17, 15) is 4.79 Å². The van der Waals surface area contributed by atoms with Crippen molar-refractivity contribution in [1.29, 1.82) is 5.41 Å². The Bertz CT molecular complexity index is 862. The van der Waals surface area contributed by atoms with Crippen LogP contribution in [0.15, 0.2) is 23.5 Å². The molecule has 0 spiro atoms. The van der Waals surface area contributed by atoms with Gasteiger partial charge in [-0.3, -0.25) is 10.2 Å². The maximum atomic E-state index is 12.5. The number of rotatable bonds is 7. The summed E-state index contributed by atoms with van der Waals surface area (Å²) in [6.45, 7) is 2.77. The normalized spacial score (nSPS) is 23.4. The number of nitrogens with one attached hydrogen (secondary N) is 4. The van der Waals surface area contributed by atoms with Crippen LogP contribution in [-0.4, -0.2) is 51.5 Å². The zero-order valence-corrected chi connectivity index (χ0v) is 18.3. The van der Waals surface area contributed by atoms with E-state index in [1.807, 2.05) is 12.1 Å². The lowest BCUT2D eigenvalue weighted by molar-refractivity contribution is -0.114. The maximum absolute atomic E-state index is 12.5. The van der Waals surface area contributed by atoms with Crippen molar-refractivity contribution in [3.05, 3.63) is 34.7 Å². The van der Waals surface area contributed by atoms with Gasteiger partial charge in [0, 0.05) is 23.7 Å². The third-order valence-electron chi connectivity index (χ3n) is 6.60. The first-order valence-electron chi connectivity index (χ1n) is 11.1. The molecule has 0 aromatic heterocycles. The highest BCUT2D eigenvalue weighted by molar-refractivity contribution is 6.27. The second-order valence-electron chi connectivity index (χ2n) is 8.61. The highest BCUT2D eigenvalue weighted by Gasteiger charge is 2.33. The van der Waals surface area contributed by atoms with Crippen molar-refractivity contribution in [3.63, 3.8) is 0 Å². The van der Waals surface area contributed by atoms with Gasteiger partial charge in [0.05, 0.1) is 19.9 Å². The molecule has 0 radical (unpaired) electrons. The third-order valence-corrected chi connectivity index (χ3v) is 6.60. The zero-order valence-electron chi connectivity index (χ0n) is 18.3. The molecule has 3 fully saturated rings. The number of primary amides is 1. The average Bonchev–Trinajstić information content (AvgIpc) is 3.64. The minimum Gasteiger partial charge on any atom is -0.496 e. The lowest BCUT2D eigenvalue weighted by Crippen LogP contribution is -2.50. The number of benzene rings is 1. The van der Waals surface area contributed by atoms with Crippen LogP contribution in [0.5, 0.6) is 11.5 Å². The first kappa shape index (κ1) is 21.5. The van der Waals surface area contributed by atoms with Crippen LogP contribution in [0, 0.1) is 11.3 Å². The summed E-state index contributed by atoms with van der Waals surface area (Å²) in [6, 6.07) is 3.89. The quantitative estimate of drug-likeness (QED) is 0.333. The van der Waals surface area contributed by atoms with Crippen molar-refractivity contribution in [2.24, 2.45) is 11.7 Å². The lowest BCUT2D eigenvalue weighted by atomic mass is 9.87. The van der Waals surface area contributed by atoms with E-state index in [0.717, 1.165) is 57.3 Å². The fourth-order valence-electron chi connectivity index (χ4n) is 4.80.